The van der Waals surface area contributed by atoms with Gasteiger partial charge in [-0.3, -0.25) is 9.59 Å². The second-order valence-electron chi connectivity index (χ2n) is 7.05. The number of aromatic nitrogens is 1. The average molecular weight is 404 g/mol. The fourth-order valence-corrected chi connectivity index (χ4v) is 4.83. The van der Waals surface area contributed by atoms with E-state index in [9.17, 15) is 18.0 Å². The number of benzene rings is 1. The van der Waals surface area contributed by atoms with Crippen molar-refractivity contribution in [3.05, 3.63) is 52.8 Å². The zero-order valence-electron chi connectivity index (χ0n) is 16.2. The summed E-state index contributed by atoms with van der Waals surface area (Å²) in [6.07, 6.45) is 1.38. The molecule has 2 amide bonds. The average Bonchev–Trinajstić information content (AvgIpc) is 3.06. The summed E-state index contributed by atoms with van der Waals surface area (Å²) in [7, 11) is -2.19. The first-order chi connectivity index (χ1) is 13.1. The van der Waals surface area contributed by atoms with Crippen LogP contribution in [0.2, 0.25) is 0 Å². The number of nitrogens with two attached hydrogens (primary N) is 1. The third-order valence-corrected chi connectivity index (χ3v) is 6.88. The van der Waals surface area contributed by atoms with Gasteiger partial charge in [0, 0.05) is 45.0 Å². The van der Waals surface area contributed by atoms with Gasteiger partial charge in [0.25, 0.3) is 11.8 Å². The van der Waals surface area contributed by atoms with Crippen LogP contribution in [0.15, 0.2) is 35.4 Å². The molecule has 0 aliphatic carbocycles. The summed E-state index contributed by atoms with van der Waals surface area (Å²) in [5, 5.41) is 0. The molecule has 1 saturated heterocycles. The molecule has 0 atom stereocenters. The van der Waals surface area contributed by atoms with Crippen molar-refractivity contribution in [3.8, 4) is 0 Å². The predicted octanol–water partition coefficient (Wildman–Crippen LogP) is 0.888. The first-order valence-electron chi connectivity index (χ1n) is 8.94. The Morgan fingerprint density at radius 2 is 1.68 bits per heavy atom. The lowest BCUT2D eigenvalue weighted by molar-refractivity contribution is 0.0697. The van der Waals surface area contributed by atoms with Crippen molar-refractivity contribution in [2.45, 2.75) is 18.7 Å². The maximum atomic E-state index is 12.9. The van der Waals surface area contributed by atoms with Crippen LogP contribution >= 0.6 is 0 Å². The van der Waals surface area contributed by atoms with Crippen molar-refractivity contribution < 1.29 is 18.0 Å². The number of rotatable bonds is 4. The monoisotopic (exact) mass is 404 g/mol. The summed E-state index contributed by atoms with van der Waals surface area (Å²) in [6.45, 7) is 4.82. The molecule has 1 aromatic carbocycles. The highest BCUT2D eigenvalue weighted by molar-refractivity contribution is 7.89. The van der Waals surface area contributed by atoms with Gasteiger partial charge in [0.05, 0.1) is 0 Å². The number of sulfonamides is 1. The van der Waals surface area contributed by atoms with Crippen LogP contribution in [0.25, 0.3) is 0 Å². The molecule has 28 heavy (non-hydrogen) atoms. The van der Waals surface area contributed by atoms with Crippen molar-refractivity contribution in [3.63, 3.8) is 0 Å². The zero-order valence-corrected chi connectivity index (χ0v) is 17.0. The maximum absolute atomic E-state index is 12.9. The van der Waals surface area contributed by atoms with Crippen LogP contribution in [0.1, 0.15) is 32.0 Å². The van der Waals surface area contributed by atoms with Gasteiger partial charge in [0.1, 0.15) is 10.6 Å². The minimum absolute atomic E-state index is 0.0260. The number of piperazine rings is 1. The highest BCUT2D eigenvalue weighted by atomic mass is 32.2. The Bertz CT molecular complexity index is 1030. The summed E-state index contributed by atoms with van der Waals surface area (Å²) >= 11 is 0. The van der Waals surface area contributed by atoms with Crippen LogP contribution < -0.4 is 5.73 Å². The molecule has 1 aliphatic rings. The molecule has 9 heteroatoms. The Labute approximate surface area is 164 Å². The third kappa shape index (κ3) is 3.67. The lowest BCUT2D eigenvalue weighted by Crippen LogP contribution is -2.50. The molecule has 0 saturated carbocycles. The van der Waals surface area contributed by atoms with Gasteiger partial charge < -0.3 is 15.2 Å². The number of carbonyl (C=O) groups excluding carboxylic acids is 2. The second-order valence-corrected chi connectivity index (χ2v) is 8.99. The molecular weight excluding hydrogens is 380 g/mol. The largest absolute Gasteiger partial charge is 0.364 e. The molecule has 0 unspecified atom stereocenters. The van der Waals surface area contributed by atoms with Crippen LogP contribution in [0.5, 0.6) is 0 Å². The topological polar surface area (TPSA) is 106 Å². The van der Waals surface area contributed by atoms with Crippen molar-refractivity contribution in [2.75, 3.05) is 26.2 Å². The van der Waals surface area contributed by atoms with E-state index in [1.54, 1.807) is 11.9 Å². The molecule has 2 heterocycles. The Balaban J connectivity index is 1.74. The number of carbonyl (C=O) groups is 2. The smallest absolute Gasteiger partial charge is 0.265 e. The Morgan fingerprint density at radius 1 is 1.04 bits per heavy atom. The van der Waals surface area contributed by atoms with Gasteiger partial charge in [-0.05, 0) is 31.5 Å². The van der Waals surface area contributed by atoms with Gasteiger partial charge in [0.15, 0.2) is 0 Å². The van der Waals surface area contributed by atoms with Crippen LogP contribution in [-0.2, 0) is 17.1 Å². The molecule has 0 bridgehead atoms. The highest BCUT2D eigenvalue weighted by Crippen LogP contribution is 2.21. The minimum atomic E-state index is -3.76. The van der Waals surface area contributed by atoms with Crippen molar-refractivity contribution >= 4 is 21.8 Å². The van der Waals surface area contributed by atoms with Gasteiger partial charge in [-0.15, -0.1) is 0 Å². The summed E-state index contributed by atoms with van der Waals surface area (Å²) in [6, 6.07) is 7.01. The molecule has 1 fully saturated rings. The van der Waals surface area contributed by atoms with Crippen LogP contribution in [0.4, 0.5) is 0 Å². The SMILES string of the molecule is Cc1ccc(C)c(C(=O)N2CCN(S(=O)(=O)c3cc(C(N)=O)n(C)c3)CC2)c1. The fraction of sp³-hybridized carbons (Fsp3) is 0.368. The van der Waals surface area contributed by atoms with E-state index in [0.29, 0.717) is 18.7 Å². The van der Waals surface area contributed by atoms with Gasteiger partial charge in [-0.25, -0.2) is 8.42 Å². The highest BCUT2D eigenvalue weighted by Gasteiger charge is 2.32. The molecule has 0 spiro atoms. The van der Waals surface area contributed by atoms with Crippen molar-refractivity contribution in [1.29, 1.82) is 0 Å². The number of hydrogen-bond acceptors (Lipinski definition) is 4. The van der Waals surface area contributed by atoms with Gasteiger partial charge in [-0.1, -0.05) is 17.7 Å². The first-order valence-corrected chi connectivity index (χ1v) is 10.4. The molecule has 1 aromatic heterocycles. The fourth-order valence-electron chi connectivity index (χ4n) is 3.34. The van der Waals surface area contributed by atoms with Crippen LogP contribution in [0, 0.1) is 13.8 Å². The molecule has 0 radical (unpaired) electrons. The van der Waals surface area contributed by atoms with E-state index in [-0.39, 0.29) is 29.6 Å². The summed E-state index contributed by atoms with van der Waals surface area (Å²) in [5.41, 5.74) is 7.94. The van der Waals surface area contributed by atoms with Crippen molar-refractivity contribution in [1.82, 2.24) is 13.8 Å². The van der Waals surface area contributed by atoms with E-state index in [1.807, 2.05) is 32.0 Å². The van der Waals surface area contributed by atoms with Gasteiger partial charge in [-0.2, -0.15) is 4.31 Å². The predicted molar refractivity (Wildman–Crippen MR) is 105 cm³/mol. The number of amides is 2. The number of nitrogens with zero attached hydrogens (tertiary/aromatic N) is 3. The molecule has 1 aliphatic heterocycles. The summed E-state index contributed by atoms with van der Waals surface area (Å²) < 4.78 is 28.5. The van der Waals surface area contributed by atoms with E-state index < -0.39 is 15.9 Å². The Morgan fingerprint density at radius 3 is 2.25 bits per heavy atom. The number of primary amides is 1. The third-order valence-electron chi connectivity index (χ3n) is 5.02. The van der Waals surface area contributed by atoms with Crippen LogP contribution in [0.3, 0.4) is 0 Å². The van der Waals surface area contributed by atoms with E-state index >= 15 is 0 Å². The normalized spacial score (nSPS) is 15.6. The summed E-state index contributed by atoms with van der Waals surface area (Å²) in [5.74, 6) is -0.776. The maximum Gasteiger partial charge on any atom is 0.265 e. The molecule has 3 rings (SSSR count). The molecule has 8 nitrogen and oxygen atoms in total. The molecular formula is C19H24N4O4S. The Kier molecular flexibility index (Phi) is 5.31. The van der Waals surface area contributed by atoms with Crippen molar-refractivity contribution in [2.24, 2.45) is 12.8 Å². The molecule has 2 N–H and O–H groups in total. The first kappa shape index (κ1) is 20.1. The lowest BCUT2D eigenvalue weighted by atomic mass is 10.0. The Hall–Kier alpha value is -2.65. The standard InChI is InChI=1S/C19H24N4O4S/c1-13-4-5-14(2)16(10-13)19(25)22-6-8-23(9-7-22)28(26,27)15-11-17(18(20)24)21(3)12-15/h4-5,10-12H,6-9H2,1-3H3,(H2,20,24). The number of aryl methyl sites for hydroxylation is 3. The molecule has 2 aromatic rings. The summed E-state index contributed by atoms with van der Waals surface area (Å²) in [4.78, 5) is 25.9. The van der Waals surface area contributed by atoms with Crippen LogP contribution in [-0.4, -0.2) is 60.2 Å². The van der Waals surface area contributed by atoms with E-state index in [4.69, 9.17) is 5.73 Å². The molecule has 150 valence electrons. The van der Waals surface area contributed by atoms with E-state index in [0.717, 1.165) is 11.1 Å². The van der Waals surface area contributed by atoms with Gasteiger partial charge >= 0.3 is 0 Å². The lowest BCUT2D eigenvalue weighted by Gasteiger charge is -2.34. The second kappa shape index (κ2) is 7.40. The zero-order chi connectivity index (χ0) is 20.6. The minimum Gasteiger partial charge on any atom is -0.364 e. The number of hydrogen-bond donors (Lipinski definition) is 1. The van der Waals surface area contributed by atoms with E-state index in [2.05, 4.69) is 0 Å². The van der Waals surface area contributed by atoms with E-state index in [1.165, 1.54) is 21.1 Å². The quantitative estimate of drug-likeness (QED) is 0.817. The van der Waals surface area contributed by atoms with Gasteiger partial charge in [0.2, 0.25) is 10.0 Å².